The fourth-order valence-electron chi connectivity index (χ4n) is 3.75. The standard InChI is InChI=1S/C19H28N4O2/c1-22(17-9-11-20-12-10-17)18(24)15-6-5-13-23(14-15)19(25)21-16-7-3-2-4-8-16/h2-4,7-8,15,17,20H,5-6,9-14H2,1H3,(H,21,25). The van der Waals surface area contributed by atoms with E-state index >= 15 is 0 Å². The lowest BCUT2D eigenvalue weighted by molar-refractivity contribution is -0.138. The Balaban J connectivity index is 1.56. The molecule has 1 aromatic rings. The normalized spacial score (nSPS) is 21.6. The smallest absolute Gasteiger partial charge is 0.321 e. The van der Waals surface area contributed by atoms with E-state index in [9.17, 15) is 9.59 Å². The summed E-state index contributed by atoms with van der Waals surface area (Å²) in [5, 5.41) is 6.25. The van der Waals surface area contributed by atoms with Crippen LogP contribution in [0, 0.1) is 5.92 Å². The van der Waals surface area contributed by atoms with Gasteiger partial charge in [0.25, 0.3) is 0 Å². The number of anilines is 1. The van der Waals surface area contributed by atoms with Crippen LogP contribution in [0.2, 0.25) is 0 Å². The molecule has 2 saturated heterocycles. The van der Waals surface area contributed by atoms with E-state index in [4.69, 9.17) is 0 Å². The predicted molar refractivity (Wildman–Crippen MR) is 98.4 cm³/mol. The van der Waals surface area contributed by atoms with E-state index in [1.807, 2.05) is 42.3 Å². The number of piperidine rings is 2. The van der Waals surface area contributed by atoms with Gasteiger partial charge in [-0.1, -0.05) is 18.2 Å². The number of hydrogen-bond donors (Lipinski definition) is 2. The van der Waals surface area contributed by atoms with Crippen LogP contribution in [0.5, 0.6) is 0 Å². The maximum absolute atomic E-state index is 12.9. The third kappa shape index (κ3) is 4.51. The first kappa shape index (κ1) is 17.7. The summed E-state index contributed by atoms with van der Waals surface area (Å²) in [6, 6.07) is 9.65. The van der Waals surface area contributed by atoms with Crippen molar-refractivity contribution >= 4 is 17.6 Å². The predicted octanol–water partition coefficient (Wildman–Crippen LogP) is 2.14. The van der Waals surface area contributed by atoms with E-state index in [0.717, 1.165) is 44.5 Å². The lowest BCUT2D eigenvalue weighted by Gasteiger charge is -2.37. The Kier molecular flexibility index (Phi) is 5.91. The van der Waals surface area contributed by atoms with Gasteiger partial charge in [0.05, 0.1) is 5.92 Å². The summed E-state index contributed by atoms with van der Waals surface area (Å²) < 4.78 is 0. The van der Waals surface area contributed by atoms with E-state index in [1.165, 1.54) is 0 Å². The van der Waals surface area contributed by atoms with Gasteiger partial charge in [-0.2, -0.15) is 0 Å². The van der Waals surface area contributed by atoms with Gasteiger partial charge in [0.2, 0.25) is 5.91 Å². The number of hydrogen-bond acceptors (Lipinski definition) is 3. The highest BCUT2D eigenvalue weighted by Gasteiger charge is 2.32. The van der Waals surface area contributed by atoms with Gasteiger partial charge in [-0.3, -0.25) is 4.79 Å². The summed E-state index contributed by atoms with van der Waals surface area (Å²) in [4.78, 5) is 29.1. The number of benzene rings is 1. The number of amides is 3. The van der Waals surface area contributed by atoms with Crippen LogP contribution in [0.3, 0.4) is 0 Å². The molecule has 0 saturated carbocycles. The van der Waals surface area contributed by atoms with Gasteiger partial charge < -0.3 is 20.4 Å². The molecule has 3 rings (SSSR count). The molecule has 2 fully saturated rings. The molecule has 0 spiro atoms. The molecule has 0 bridgehead atoms. The summed E-state index contributed by atoms with van der Waals surface area (Å²) >= 11 is 0. The second kappa shape index (κ2) is 8.34. The van der Waals surface area contributed by atoms with Crippen LogP contribution in [0.25, 0.3) is 0 Å². The van der Waals surface area contributed by atoms with Gasteiger partial charge in [-0.25, -0.2) is 4.79 Å². The molecule has 1 aromatic carbocycles. The Morgan fingerprint density at radius 3 is 2.60 bits per heavy atom. The number of likely N-dealkylation sites (tertiary alicyclic amines) is 1. The monoisotopic (exact) mass is 344 g/mol. The van der Waals surface area contributed by atoms with Crippen LogP contribution >= 0.6 is 0 Å². The lowest BCUT2D eigenvalue weighted by Crippen LogP contribution is -2.50. The van der Waals surface area contributed by atoms with Crippen LogP contribution < -0.4 is 10.6 Å². The Labute approximate surface area is 149 Å². The number of urea groups is 1. The second-order valence-corrected chi connectivity index (χ2v) is 7.01. The maximum atomic E-state index is 12.9. The average Bonchev–Trinajstić information content (AvgIpc) is 2.68. The summed E-state index contributed by atoms with van der Waals surface area (Å²) in [5.74, 6) is 0.0965. The fraction of sp³-hybridized carbons (Fsp3) is 0.579. The minimum Gasteiger partial charge on any atom is -0.342 e. The van der Waals surface area contributed by atoms with Crippen LogP contribution in [-0.4, -0.2) is 61.0 Å². The third-order valence-corrected chi connectivity index (χ3v) is 5.29. The Bertz CT molecular complexity index is 586. The molecular formula is C19H28N4O2. The van der Waals surface area contributed by atoms with Crippen molar-refractivity contribution in [3.8, 4) is 0 Å². The molecule has 136 valence electrons. The first-order valence-corrected chi connectivity index (χ1v) is 9.23. The highest BCUT2D eigenvalue weighted by Crippen LogP contribution is 2.22. The molecule has 2 aliphatic rings. The van der Waals surface area contributed by atoms with E-state index in [1.54, 1.807) is 4.90 Å². The van der Waals surface area contributed by atoms with E-state index in [-0.39, 0.29) is 17.9 Å². The number of nitrogens with zero attached hydrogens (tertiary/aromatic N) is 2. The number of carbonyl (C=O) groups excluding carboxylic acids is 2. The largest absolute Gasteiger partial charge is 0.342 e. The first-order chi connectivity index (χ1) is 12.1. The van der Waals surface area contributed by atoms with Crippen molar-refractivity contribution in [3.05, 3.63) is 30.3 Å². The molecule has 1 unspecified atom stereocenters. The zero-order chi connectivity index (χ0) is 17.6. The van der Waals surface area contributed by atoms with E-state index in [0.29, 0.717) is 19.1 Å². The highest BCUT2D eigenvalue weighted by atomic mass is 16.2. The molecule has 6 heteroatoms. The number of nitrogens with one attached hydrogen (secondary N) is 2. The molecule has 0 aromatic heterocycles. The van der Waals surface area contributed by atoms with E-state index in [2.05, 4.69) is 10.6 Å². The zero-order valence-electron chi connectivity index (χ0n) is 14.9. The van der Waals surface area contributed by atoms with Crippen molar-refractivity contribution in [2.24, 2.45) is 5.92 Å². The molecule has 3 amide bonds. The molecule has 1 atom stereocenters. The molecule has 0 radical (unpaired) electrons. The fourth-order valence-corrected chi connectivity index (χ4v) is 3.75. The number of para-hydroxylation sites is 1. The summed E-state index contributed by atoms with van der Waals surface area (Å²) in [5.41, 5.74) is 0.785. The highest BCUT2D eigenvalue weighted by molar-refractivity contribution is 5.90. The lowest BCUT2D eigenvalue weighted by atomic mass is 9.95. The first-order valence-electron chi connectivity index (χ1n) is 9.23. The zero-order valence-corrected chi connectivity index (χ0v) is 14.9. The van der Waals surface area contributed by atoms with Crippen LogP contribution in [0.15, 0.2) is 30.3 Å². The van der Waals surface area contributed by atoms with Gasteiger partial charge in [0.1, 0.15) is 0 Å². The van der Waals surface area contributed by atoms with Crippen LogP contribution in [-0.2, 0) is 4.79 Å². The van der Waals surface area contributed by atoms with Crippen molar-refractivity contribution in [1.29, 1.82) is 0 Å². The summed E-state index contributed by atoms with van der Waals surface area (Å²) in [6.07, 6.45) is 3.75. The van der Waals surface area contributed by atoms with Gasteiger partial charge in [0, 0.05) is 31.9 Å². The summed E-state index contributed by atoms with van der Waals surface area (Å²) in [6.45, 7) is 3.16. The molecule has 2 heterocycles. The SMILES string of the molecule is CN(C(=O)C1CCCN(C(=O)Nc2ccccc2)C1)C1CCNCC1. The molecule has 2 aliphatic heterocycles. The minimum absolute atomic E-state index is 0.0878. The Morgan fingerprint density at radius 2 is 1.88 bits per heavy atom. The number of carbonyl (C=O) groups is 2. The van der Waals surface area contributed by atoms with Crippen molar-refractivity contribution in [3.63, 3.8) is 0 Å². The van der Waals surface area contributed by atoms with Crippen LogP contribution in [0.4, 0.5) is 10.5 Å². The third-order valence-electron chi connectivity index (χ3n) is 5.29. The summed E-state index contributed by atoms with van der Waals surface area (Å²) in [7, 11) is 1.92. The molecular weight excluding hydrogens is 316 g/mol. The molecule has 0 aliphatic carbocycles. The van der Waals surface area contributed by atoms with E-state index < -0.39 is 0 Å². The minimum atomic E-state index is -0.117. The van der Waals surface area contributed by atoms with Crippen molar-refractivity contribution in [1.82, 2.24) is 15.1 Å². The van der Waals surface area contributed by atoms with Crippen molar-refractivity contribution in [2.75, 3.05) is 38.5 Å². The van der Waals surface area contributed by atoms with Crippen molar-refractivity contribution < 1.29 is 9.59 Å². The molecule has 2 N–H and O–H groups in total. The van der Waals surface area contributed by atoms with Gasteiger partial charge in [-0.15, -0.1) is 0 Å². The maximum Gasteiger partial charge on any atom is 0.321 e. The molecule has 25 heavy (non-hydrogen) atoms. The Hall–Kier alpha value is -2.08. The number of rotatable bonds is 3. The van der Waals surface area contributed by atoms with Gasteiger partial charge in [-0.05, 0) is 50.9 Å². The van der Waals surface area contributed by atoms with Gasteiger partial charge >= 0.3 is 6.03 Å². The Morgan fingerprint density at radius 1 is 1.16 bits per heavy atom. The topological polar surface area (TPSA) is 64.7 Å². The second-order valence-electron chi connectivity index (χ2n) is 7.01. The average molecular weight is 344 g/mol. The van der Waals surface area contributed by atoms with Crippen LogP contribution in [0.1, 0.15) is 25.7 Å². The van der Waals surface area contributed by atoms with Crippen molar-refractivity contribution in [2.45, 2.75) is 31.7 Å². The quantitative estimate of drug-likeness (QED) is 0.883. The molecule has 6 nitrogen and oxygen atoms in total. The van der Waals surface area contributed by atoms with Gasteiger partial charge in [0.15, 0.2) is 0 Å².